The molecule has 108 valence electrons. The maximum Gasteiger partial charge on any atom is 0.122 e. The smallest absolute Gasteiger partial charge is 0.122 e. The predicted molar refractivity (Wildman–Crippen MR) is 83.1 cm³/mol. The van der Waals surface area contributed by atoms with Gasteiger partial charge in [-0.15, -0.1) is 11.3 Å². The van der Waals surface area contributed by atoms with E-state index >= 15 is 0 Å². The van der Waals surface area contributed by atoms with Crippen molar-refractivity contribution in [2.45, 2.75) is 32.5 Å². The van der Waals surface area contributed by atoms with Gasteiger partial charge in [0.25, 0.3) is 0 Å². The van der Waals surface area contributed by atoms with E-state index in [9.17, 15) is 5.11 Å². The van der Waals surface area contributed by atoms with Gasteiger partial charge in [0, 0.05) is 17.0 Å². The van der Waals surface area contributed by atoms with Crippen LogP contribution in [0.15, 0.2) is 41.8 Å². The predicted octanol–water partition coefficient (Wildman–Crippen LogP) is 3.19. The first-order chi connectivity index (χ1) is 9.59. The minimum absolute atomic E-state index is 0.120. The molecule has 0 radical (unpaired) electrons. The molecule has 1 heterocycles. The van der Waals surface area contributed by atoms with Crippen LogP contribution in [-0.2, 0) is 13.2 Å². The number of benzene rings is 1. The van der Waals surface area contributed by atoms with E-state index in [0.717, 1.165) is 12.3 Å². The van der Waals surface area contributed by atoms with Crippen LogP contribution in [0.5, 0.6) is 5.75 Å². The van der Waals surface area contributed by atoms with Crippen LogP contribution in [0.1, 0.15) is 24.3 Å². The van der Waals surface area contributed by atoms with E-state index in [1.54, 1.807) is 11.3 Å². The number of thiophene rings is 1. The van der Waals surface area contributed by atoms with Crippen LogP contribution >= 0.6 is 11.3 Å². The maximum absolute atomic E-state index is 9.20. The Morgan fingerprint density at radius 2 is 1.95 bits per heavy atom. The van der Waals surface area contributed by atoms with Gasteiger partial charge in [-0.1, -0.05) is 18.2 Å². The Hall–Kier alpha value is -1.36. The molecular weight excluding hydrogens is 270 g/mol. The first kappa shape index (κ1) is 15.0. The van der Waals surface area contributed by atoms with E-state index in [-0.39, 0.29) is 12.1 Å². The van der Waals surface area contributed by atoms with Gasteiger partial charge >= 0.3 is 0 Å². The van der Waals surface area contributed by atoms with E-state index in [0.29, 0.717) is 6.61 Å². The fourth-order valence-corrected chi connectivity index (χ4v) is 2.27. The third-order valence-electron chi connectivity index (χ3n) is 3.05. The SMILES string of the molecule is CC(C)(CO)NCc1ccc(OCc2cccs2)cc1. The fourth-order valence-electron chi connectivity index (χ4n) is 1.65. The molecule has 0 unspecified atom stereocenters. The number of rotatable bonds is 7. The van der Waals surface area contributed by atoms with Gasteiger partial charge < -0.3 is 15.2 Å². The molecule has 0 saturated carbocycles. The molecule has 0 bridgehead atoms. The highest BCUT2D eigenvalue weighted by Crippen LogP contribution is 2.16. The van der Waals surface area contributed by atoms with Crippen LogP contribution in [0.2, 0.25) is 0 Å². The summed E-state index contributed by atoms with van der Waals surface area (Å²) in [6.07, 6.45) is 0. The molecule has 0 saturated heterocycles. The lowest BCUT2D eigenvalue weighted by atomic mass is 10.1. The third-order valence-corrected chi connectivity index (χ3v) is 3.90. The molecule has 0 amide bonds. The zero-order chi connectivity index (χ0) is 14.4. The zero-order valence-electron chi connectivity index (χ0n) is 11.9. The fraction of sp³-hybridized carbons (Fsp3) is 0.375. The van der Waals surface area contributed by atoms with Gasteiger partial charge in [-0.3, -0.25) is 0 Å². The number of aliphatic hydroxyl groups is 1. The summed E-state index contributed by atoms with van der Waals surface area (Å²) in [4.78, 5) is 1.22. The minimum Gasteiger partial charge on any atom is -0.488 e. The molecule has 2 aromatic rings. The molecule has 1 aromatic heterocycles. The Labute approximate surface area is 124 Å². The second-order valence-corrected chi connectivity index (χ2v) is 6.44. The summed E-state index contributed by atoms with van der Waals surface area (Å²) in [5.41, 5.74) is 0.920. The summed E-state index contributed by atoms with van der Waals surface area (Å²) >= 11 is 1.70. The van der Waals surface area contributed by atoms with Crippen molar-refractivity contribution in [3.05, 3.63) is 52.2 Å². The lowest BCUT2D eigenvalue weighted by molar-refractivity contribution is 0.187. The van der Waals surface area contributed by atoms with Gasteiger partial charge in [0.15, 0.2) is 0 Å². The normalized spacial score (nSPS) is 11.6. The molecule has 3 nitrogen and oxygen atoms in total. The van der Waals surface area contributed by atoms with Gasteiger partial charge in [-0.2, -0.15) is 0 Å². The van der Waals surface area contributed by atoms with Crippen LogP contribution in [-0.4, -0.2) is 17.3 Å². The van der Waals surface area contributed by atoms with Gasteiger partial charge in [-0.25, -0.2) is 0 Å². The first-order valence-corrected chi connectivity index (χ1v) is 7.57. The average molecular weight is 291 g/mol. The molecule has 0 aliphatic heterocycles. The molecule has 20 heavy (non-hydrogen) atoms. The largest absolute Gasteiger partial charge is 0.488 e. The summed E-state index contributed by atoms with van der Waals surface area (Å²) in [6.45, 7) is 5.43. The summed E-state index contributed by atoms with van der Waals surface area (Å²) in [6, 6.07) is 12.2. The molecule has 0 spiro atoms. The van der Waals surface area contributed by atoms with Crippen molar-refractivity contribution in [3.63, 3.8) is 0 Å². The molecule has 0 fully saturated rings. The van der Waals surface area contributed by atoms with Crippen LogP contribution in [0.3, 0.4) is 0 Å². The van der Waals surface area contributed by atoms with Crippen molar-refractivity contribution in [1.29, 1.82) is 0 Å². The Kier molecular flexibility index (Phi) is 5.17. The molecule has 0 aliphatic carbocycles. The minimum atomic E-state index is -0.256. The van der Waals surface area contributed by atoms with E-state index in [1.165, 1.54) is 10.4 Å². The van der Waals surface area contributed by atoms with Gasteiger partial charge in [0.2, 0.25) is 0 Å². The monoisotopic (exact) mass is 291 g/mol. The van der Waals surface area contributed by atoms with Crippen molar-refractivity contribution in [2.75, 3.05) is 6.61 Å². The van der Waals surface area contributed by atoms with Crippen LogP contribution in [0, 0.1) is 0 Å². The van der Waals surface area contributed by atoms with E-state index in [1.807, 2.05) is 44.2 Å². The summed E-state index contributed by atoms with van der Waals surface area (Å²) in [7, 11) is 0. The molecule has 2 N–H and O–H groups in total. The standard InChI is InChI=1S/C16H21NO2S/c1-16(2,12-18)17-10-13-5-7-14(8-6-13)19-11-15-4-3-9-20-15/h3-9,17-18H,10-12H2,1-2H3. The molecule has 0 atom stereocenters. The number of hydrogen-bond acceptors (Lipinski definition) is 4. The second-order valence-electron chi connectivity index (χ2n) is 5.41. The number of ether oxygens (including phenoxy) is 1. The Balaban J connectivity index is 1.83. The van der Waals surface area contributed by atoms with E-state index < -0.39 is 0 Å². The van der Waals surface area contributed by atoms with Crippen LogP contribution < -0.4 is 10.1 Å². The average Bonchev–Trinajstić information content (AvgIpc) is 2.97. The van der Waals surface area contributed by atoms with Crippen molar-refractivity contribution >= 4 is 11.3 Å². The van der Waals surface area contributed by atoms with Gasteiger partial charge in [0.05, 0.1) is 6.61 Å². The van der Waals surface area contributed by atoms with Crippen LogP contribution in [0.4, 0.5) is 0 Å². The Morgan fingerprint density at radius 3 is 2.55 bits per heavy atom. The topological polar surface area (TPSA) is 41.5 Å². The number of aliphatic hydroxyl groups excluding tert-OH is 1. The molecular formula is C16H21NO2S. The van der Waals surface area contributed by atoms with E-state index in [2.05, 4.69) is 16.8 Å². The first-order valence-electron chi connectivity index (χ1n) is 6.69. The zero-order valence-corrected chi connectivity index (χ0v) is 12.7. The van der Waals surface area contributed by atoms with Gasteiger partial charge in [-0.05, 0) is 43.0 Å². The maximum atomic E-state index is 9.20. The number of nitrogens with one attached hydrogen (secondary N) is 1. The second kappa shape index (κ2) is 6.88. The highest BCUT2D eigenvalue weighted by molar-refractivity contribution is 7.09. The Morgan fingerprint density at radius 1 is 1.20 bits per heavy atom. The lowest BCUT2D eigenvalue weighted by Gasteiger charge is -2.23. The number of hydrogen-bond donors (Lipinski definition) is 2. The van der Waals surface area contributed by atoms with Crippen molar-refractivity contribution in [3.8, 4) is 5.75 Å². The lowest BCUT2D eigenvalue weighted by Crippen LogP contribution is -2.42. The molecule has 4 heteroatoms. The highest BCUT2D eigenvalue weighted by atomic mass is 32.1. The third kappa shape index (κ3) is 4.63. The van der Waals surface area contributed by atoms with Gasteiger partial charge in [0.1, 0.15) is 12.4 Å². The summed E-state index contributed by atoms with van der Waals surface area (Å²) in [5, 5.41) is 14.6. The van der Waals surface area contributed by atoms with Crippen LogP contribution in [0.25, 0.3) is 0 Å². The van der Waals surface area contributed by atoms with Crippen molar-refractivity contribution < 1.29 is 9.84 Å². The Bertz CT molecular complexity index is 506. The molecule has 0 aliphatic rings. The quantitative estimate of drug-likeness (QED) is 0.823. The van der Waals surface area contributed by atoms with Crippen molar-refractivity contribution in [1.82, 2.24) is 5.32 Å². The highest BCUT2D eigenvalue weighted by Gasteiger charge is 2.14. The summed E-state index contributed by atoms with van der Waals surface area (Å²) in [5.74, 6) is 0.878. The summed E-state index contributed by atoms with van der Waals surface area (Å²) < 4.78 is 5.72. The van der Waals surface area contributed by atoms with E-state index in [4.69, 9.17) is 4.74 Å². The van der Waals surface area contributed by atoms with Crippen molar-refractivity contribution in [2.24, 2.45) is 0 Å². The molecule has 2 rings (SSSR count). The molecule has 1 aromatic carbocycles.